The number of nitriles is 1. The van der Waals surface area contributed by atoms with Crippen LogP contribution in [0.3, 0.4) is 0 Å². The summed E-state index contributed by atoms with van der Waals surface area (Å²) in [6.45, 7) is 3.18. The minimum Gasteiger partial charge on any atom is -0.462 e. The minimum atomic E-state index is -0.758. The normalized spacial score (nSPS) is 9.47. The first kappa shape index (κ1) is 12.6. The molecule has 0 radical (unpaired) electrons. The lowest BCUT2D eigenvalue weighted by atomic mass is 10.0. The number of nitrogens with zero attached hydrogens (tertiary/aromatic N) is 2. The molecule has 0 atom stereocenters. The van der Waals surface area contributed by atoms with Gasteiger partial charge < -0.3 is 4.74 Å². The van der Waals surface area contributed by atoms with Gasteiger partial charge in [0.1, 0.15) is 5.56 Å². The smallest absolute Gasteiger partial charge is 0.345 e. The summed E-state index contributed by atoms with van der Waals surface area (Å²) in [7, 11) is 0. The predicted octanol–water partition coefficient (Wildman–Crippen LogP) is 1.95. The Bertz CT molecular complexity index is 517. The van der Waals surface area contributed by atoms with Crippen molar-refractivity contribution in [3.05, 3.63) is 38.9 Å². The summed E-state index contributed by atoms with van der Waals surface area (Å²) >= 11 is 0. The highest BCUT2D eigenvalue weighted by Crippen LogP contribution is 2.26. The van der Waals surface area contributed by atoms with Crippen molar-refractivity contribution in [1.82, 2.24) is 0 Å². The van der Waals surface area contributed by atoms with E-state index in [4.69, 9.17) is 10.00 Å². The summed E-state index contributed by atoms with van der Waals surface area (Å²) in [6.07, 6.45) is 0. The second kappa shape index (κ2) is 5.07. The number of esters is 1. The van der Waals surface area contributed by atoms with Crippen LogP contribution in [0, 0.1) is 28.4 Å². The monoisotopic (exact) mass is 234 g/mol. The Morgan fingerprint density at radius 2 is 2.24 bits per heavy atom. The van der Waals surface area contributed by atoms with Gasteiger partial charge in [0, 0.05) is 5.56 Å². The zero-order valence-electron chi connectivity index (χ0n) is 9.39. The molecule has 0 bridgehead atoms. The molecule has 0 aliphatic heterocycles. The number of carbonyl (C=O) groups is 1. The van der Waals surface area contributed by atoms with Crippen LogP contribution in [0.2, 0.25) is 0 Å². The SMILES string of the molecule is CCOC(=O)c1ccc(C#N)c(C)c1[N+](=O)[O-]. The van der Waals surface area contributed by atoms with Gasteiger partial charge in [-0.2, -0.15) is 5.26 Å². The van der Waals surface area contributed by atoms with Gasteiger partial charge >= 0.3 is 5.97 Å². The van der Waals surface area contributed by atoms with Crippen LogP contribution < -0.4 is 0 Å². The Labute approximate surface area is 97.6 Å². The summed E-state index contributed by atoms with van der Waals surface area (Å²) in [5.41, 5.74) is -0.163. The van der Waals surface area contributed by atoms with Crippen LogP contribution >= 0.6 is 0 Å². The zero-order valence-corrected chi connectivity index (χ0v) is 9.39. The lowest BCUT2D eigenvalue weighted by Crippen LogP contribution is -2.09. The fraction of sp³-hybridized carbons (Fsp3) is 0.273. The van der Waals surface area contributed by atoms with Gasteiger partial charge in [-0.3, -0.25) is 10.1 Å². The third-order valence-corrected chi connectivity index (χ3v) is 2.23. The number of ether oxygens (including phenoxy) is 1. The number of nitro benzene ring substituents is 1. The molecular formula is C11H10N2O4. The maximum Gasteiger partial charge on any atom is 0.345 e. The average Bonchev–Trinajstić information content (AvgIpc) is 2.28. The fourth-order valence-corrected chi connectivity index (χ4v) is 1.43. The number of carbonyl (C=O) groups excluding carboxylic acids is 1. The second-order valence-corrected chi connectivity index (χ2v) is 3.22. The zero-order chi connectivity index (χ0) is 13.0. The summed E-state index contributed by atoms with van der Waals surface area (Å²) < 4.78 is 4.72. The maximum atomic E-state index is 11.5. The molecule has 17 heavy (non-hydrogen) atoms. The van der Waals surface area contributed by atoms with Crippen molar-refractivity contribution in [2.24, 2.45) is 0 Å². The van der Waals surface area contributed by atoms with Crippen LogP contribution in [0.15, 0.2) is 12.1 Å². The molecule has 0 unspecified atom stereocenters. The van der Waals surface area contributed by atoms with Crippen molar-refractivity contribution < 1.29 is 14.5 Å². The molecule has 6 heteroatoms. The van der Waals surface area contributed by atoms with Gasteiger partial charge in [0.05, 0.1) is 23.2 Å². The van der Waals surface area contributed by atoms with Crippen LogP contribution in [0.5, 0.6) is 0 Å². The molecule has 0 saturated heterocycles. The van der Waals surface area contributed by atoms with E-state index >= 15 is 0 Å². The second-order valence-electron chi connectivity index (χ2n) is 3.22. The lowest BCUT2D eigenvalue weighted by Gasteiger charge is -2.05. The van der Waals surface area contributed by atoms with E-state index in [1.54, 1.807) is 6.92 Å². The molecule has 0 aromatic heterocycles. The number of hydrogen-bond donors (Lipinski definition) is 0. The highest BCUT2D eigenvalue weighted by atomic mass is 16.6. The van der Waals surface area contributed by atoms with Crippen LogP contribution in [0.1, 0.15) is 28.4 Å². The maximum absolute atomic E-state index is 11.5. The van der Waals surface area contributed by atoms with E-state index in [-0.39, 0.29) is 29.0 Å². The van der Waals surface area contributed by atoms with Gasteiger partial charge in [-0.15, -0.1) is 0 Å². The van der Waals surface area contributed by atoms with Gasteiger partial charge in [0.15, 0.2) is 0 Å². The molecular weight excluding hydrogens is 224 g/mol. The molecule has 0 fully saturated rings. The molecule has 1 aromatic carbocycles. The molecule has 0 aliphatic carbocycles. The third-order valence-electron chi connectivity index (χ3n) is 2.23. The van der Waals surface area contributed by atoms with Crippen molar-refractivity contribution >= 4 is 11.7 Å². The van der Waals surface area contributed by atoms with Crippen molar-refractivity contribution in [3.63, 3.8) is 0 Å². The van der Waals surface area contributed by atoms with E-state index in [2.05, 4.69) is 0 Å². The first-order chi connectivity index (χ1) is 8.02. The largest absolute Gasteiger partial charge is 0.462 e. The van der Waals surface area contributed by atoms with Crippen molar-refractivity contribution in [1.29, 1.82) is 5.26 Å². The number of hydrogen-bond acceptors (Lipinski definition) is 5. The van der Waals surface area contributed by atoms with Crippen molar-refractivity contribution in [2.75, 3.05) is 6.61 Å². The Kier molecular flexibility index (Phi) is 3.78. The first-order valence-electron chi connectivity index (χ1n) is 4.88. The number of nitro groups is 1. The summed E-state index contributed by atoms with van der Waals surface area (Å²) in [5.74, 6) is -0.758. The van der Waals surface area contributed by atoms with E-state index in [9.17, 15) is 14.9 Å². The summed E-state index contributed by atoms with van der Waals surface area (Å²) in [5, 5.41) is 19.7. The van der Waals surface area contributed by atoms with E-state index < -0.39 is 10.9 Å². The number of rotatable bonds is 3. The lowest BCUT2D eigenvalue weighted by molar-refractivity contribution is -0.385. The molecule has 0 spiro atoms. The minimum absolute atomic E-state index is 0.131. The van der Waals surface area contributed by atoms with Crippen LogP contribution in [0.4, 0.5) is 5.69 Å². The first-order valence-corrected chi connectivity index (χ1v) is 4.88. The summed E-state index contributed by atoms with van der Waals surface area (Å²) in [6, 6.07) is 4.44. The Morgan fingerprint density at radius 1 is 1.59 bits per heavy atom. The summed E-state index contributed by atoms with van der Waals surface area (Å²) in [4.78, 5) is 21.7. The molecule has 0 N–H and O–H groups in total. The van der Waals surface area contributed by atoms with Gasteiger partial charge in [-0.05, 0) is 26.0 Å². The topological polar surface area (TPSA) is 93.2 Å². The van der Waals surface area contributed by atoms with Gasteiger partial charge in [0.25, 0.3) is 5.69 Å². The molecule has 0 saturated carbocycles. The fourth-order valence-electron chi connectivity index (χ4n) is 1.43. The highest BCUT2D eigenvalue weighted by Gasteiger charge is 2.25. The molecule has 0 heterocycles. The van der Waals surface area contributed by atoms with Crippen LogP contribution in [0.25, 0.3) is 0 Å². The van der Waals surface area contributed by atoms with E-state index in [0.29, 0.717) is 0 Å². The Balaban J connectivity index is 3.43. The molecule has 1 rings (SSSR count). The van der Waals surface area contributed by atoms with Crippen LogP contribution in [-0.4, -0.2) is 17.5 Å². The van der Waals surface area contributed by atoms with Gasteiger partial charge in [-0.25, -0.2) is 4.79 Å². The standard InChI is InChI=1S/C11H10N2O4/c1-3-17-11(14)9-5-4-8(6-12)7(2)10(9)13(15)16/h4-5H,3H2,1-2H3. The highest BCUT2D eigenvalue weighted by molar-refractivity contribution is 5.95. The van der Waals surface area contributed by atoms with E-state index in [1.807, 2.05) is 6.07 Å². The Hall–Kier alpha value is -2.42. The van der Waals surface area contributed by atoms with Gasteiger partial charge in [-0.1, -0.05) is 0 Å². The third kappa shape index (κ3) is 2.39. The predicted molar refractivity (Wildman–Crippen MR) is 58.5 cm³/mol. The molecule has 1 aromatic rings. The Morgan fingerprint density at radius 3 is 2.71 bits per heavy atom. The van der Waals surface area contributed by atoms with Crippen molar-refractivity contribution in [3.8, 4) is 6.07 Å². The van der Waals surface area contributed by atoms with E-state index in [1.165, 1.54) is 19.1 Å². The van der Waals surface area contributed by atoms with Crippen molar-refractivity contribution in [2.45, 2.75) is 13.8 Å². The molecule has 88 valence electrons. The van der Waals surface area contributed by atoms with E-state index in [0.717, 1.165) is 0 Å². The van der Waals surface area contributed by atoms with Crippen LogP contribution in [-0.2, 0) is 4.74 Å². The molecule has 0 amide bonds. The molecule has 0 aliphatic rings. The number of benzene rings is 1. The quantitative estimate of drug-likeness (QED) is 0.452. The average molecular weight is 234 g/mol. The molecule has 6 nitrogen and oxygen atoms in total. The van der Waals surface area contributed by atoms with Gasteiger partial charge in [0.2, 0.25) is 0 Å².